The van der Waals surface area contributed by atoms with Gasteiger partial charge in [-0.2, -0.15) is 5.10 Å². The van der Waals surface area contributed by atoms with E-state index >= 15 is 0 Å². The Morgan fingerprint density at radius 2 is 1.82 bits per heavy atom. The van der Waals surface area contributed by atoms with E-state index in [1.165, 1.54) is 7.11 Å². The smallest absolute Gasteiger partial charge is 0.337 e. The molecule has 5 rings (SSSR count). The van der Waals surface area contributed by atoms with Gasteiger partial charge in [-0.05, 0) is 88.2 Å². The first-order valence-electron chi connectivity index (χ1n) is 15.4. The van der Waals surface area contributed by atoms with Crippen LogP contribution in [0.15, 0.2) is 89.2 Å². The van der Waals surface area contributed by atoms with E-state index in [4.69, 9.17) is 23.7 Å². The highest BCUT2D eigenvalue weighted by atomic mass is 127. The number of nitrogens with one attached hydrogen (secondary N) is 3. The molecule has 12 nitrogen and oxygen atoms in total. The molecule has 0 aromatic heterocycles. The first-order valence-corrected chi connectivity index (χ1v) is 16.5. The molecule has 4 aromatic carbocycles. The van der Waals surface area contributed by atoms with Gasteiger partial charge in [0.25, 0.3) is 0 Å². The highest BCUT2D eigenvalue weighted by molar-refractivity contribution is 14.1. The zero-order valence-corrected chi connectivity index (χ0v) is 29.6. The van der Waals surface area contributed by atoms with Crippen LogP contribution in [0.2, 0.25) is 0 Å². The second-order valence-electron chi connectivity index (χ2n) is 10.9. The van der Waals surface area contributed by atoms with Crippen LogP contribution in [0.3, 0.4) is 0 Å². The Bertz CT molecular complexity index is 1890. The Morgan fingerprint density at radius 3 is 2.59 bits per heavy atom. The number of esters is 1. The molecule has 0 spiro atoms. The molecule has 1 aliphatic heterocycles. The standard InChI is InChI=1S/C36H37IN4O8/c1-5-47-29-17-24(33-32(35(43)46-4)21(2)39-36(44)40-33)13-14-28(29)48-20-31(42)41-38-18-22-15-27(37)34(30(16-22)45-3)49-19-25-11-8-10-23-9-6-7-12-26(23)25/h6-18,31,33,41-42H,5,19-20H2,1-4H3,(H2,39,40,44)/b38-18-/t31-,33+/m0/s1. The van der Waals surface area contributed by atoms with Crippen molar-refractivity contribution < 1.29 is 38.4 Å². The average molecular weight is 781 g/mol. The lowest BCUT2D eigenvalue weighted by atomic mass is 9.95. The number of hydrogen-bond donors (Lipinski definition) is 4. The minimum absolute atomic E-state index is 0.158. The van der Waals surface area contributed by atoms with Gasteiger partial charge in [0.2, 0.25) is 0 Å². The number of allylic oxidation sites excluding steroid dienone is 1. The van der Waals surface area contributed by atoms with E-state index in [0.29, 0.717) is 47.5 Å². The van der Waals surface area contributed by atoms with Crippen LogP contribution in [0.1, 0.15) is 36.6 Å². The third kappa shape index (κ3) is 8.53. The third-order valence-electron chi connectivity index (χ3n) is 7.61. The molecular formula is C36H37IN4O8. The number of hydrazone groups is 1. The number of ether oxygens (including phenoxy) is 5. The Hall–Kier alpha value is -5.02. The maximum absolute atomic E-state index is 12.5. The van der Waals surface area contributed by atoms with Crippen molar-refractivity contribution in [2.24, 2.45) is 5.10 Å². The number of amides is 2. The summed E-state index contributed by atoms with van der Waals surface area (Å²) in [5.41, 5.74) is 5.71. The SMILES string of the molecule is CCOc1cc([C@H]2NC(=O)NC(C)=C2C(=O)OC)ccc1OC[C@H](O)N/N=C\c1cc(I)c(OCc2cccc3ccccc23)c(OC)c1. The average Bonchev–Trinajstić information content (AvgIpc) is 3.10. The quantitative estimate of drug-likeness (QED) is 0.0425. The summed E-state index contributed by atoms with van der Waals surface area (Å²) in [6.45, 7) is 4.00. The minimum atomic E-state index is -1.16. The number of urea groups is 1. The Balaban J connectivity index is 1.21. The van der Waals surface area contributed by atoms with Crippen molar-refractivity contribution in [3.8, 4) is 23.0 Å². The monoisotopic (exact) mass is 780 g/mol. The number of methoxy groups -OCH3 is 2. The molecular weight excluding hydrogens is 743 g/mol. The van der Waals surface area contributed by atoms with Crippen molar-refractivity contribution in [1.82, 2.24) is 16.1 Å². The van der Waals surface area contributed by atoms with Crippen molar-refractivity contribution in [3.63, 3.8) is 0 Å². The van der Waals surface area contributed by atoms with E-state index in [9.17, 15) is 14.7 Å². The van der Waals surface area contributed by atoms with E-state index in [2.05, 4.69) is 62.0 Å². The summed E-state index contributed by atoms with van der Waals surface area (Å²) in [5.74, 6) is 1.33. The van der Waals surface area contributed by atoms with Crippen LogP contribution in [0.5, 0.6) is 23.0 Å². The van der Waals surface area contributed by atoms with Crippen molar-refractivity contribution >= 4 is 51.6 Å². The summed E-state index contributed by atoms with van der Waals surface area (Å²) >= 11 is 2.20. The van der Waals surface area contributed by atoms with Gasteiger partial charge in [0.1, 0.15) is 13.2 Å². The van der Waals surface area contributed by atoms with E-state index < -0.39 is 24.3 Å². The Labute approximate surface area is 297 Å². The number of aliphatic hydroxyl groups excluding tert-OH is 1. The molecule has 1 heterocycles. The topological polar surface area (TPSA) is 149 Å². The molecule has 2 atom stereocenters. The van der Waals surface area contributed by atoms with Gasteiger partial charge in [0.05, 0.1) is 42.2 Å². The number of benzene rings is 4. The summed E-state index contributed by atoms with van der Waals surface area (Å²) < 4.78 is 29.2. The van der Waals surface area contributed by atoms with Gasteiger partial charge in [-0.25, -0.2) is 9.59 Å². The van der Waals surface area contributed by atoms with E-state index in [1.54, 1.807) is 44.5 Å². The summed E-state index contributed by atoms with van der Waals surface area (Å²) in [6, 6.07) is 21.8. The van der Waals surface area contributed by atoms with Crippen LogP contribution in [0.4, 0.5) is 4.79 Å². The minimum Gasteiger partial charge on any atom is -0.493 e. The highest BCUT2D eigenvalue weighted by Crippen LogP contribution is 2.36. The molecule has 4 aromatic rings. The molecule has 0 bridgehead atoms. The second kappa shape index (κ2) is 16.4. The predicted octanol–water partition coefficient (Wildman–Crippen LogP) is 5.55. The second-order valence-corrected chi connectivity index (χ2v) is 12.0. The van der Waals surface area contributed by atoms with Crippen LogP contribution in [-0.4, -0.2) is 57.0 Å². The predicted molar refractivity (Wildman–Crippen MR) is 193 cm³/mol. The first kappa shape index (κ1) is 35.3. The van der Waals surface area contributed by atoms with E-state index in [-0.39, 0.29) is 12.2 Å². The molecule has 0 fully saturated rings. The maximum atomic E-state index is 12.5. The van der Waals surface area contributed by atoms with Gasteiger partial charge in [0.15, 0.2) is 29.2 Å². The van der Waals surface area contributed by atoms with Crippen molar-refractivity contribution in [1.29, 1.82) is 0 Å². The molecule has 1 aliphatic rings. The van der Waals surface area contributed by atoms with E-state index in [1.807, 2.05) is 37.3 Å². The fourth-order valence-corrected chi connectivity index (χ4v) is 6.12. The zero-order valence-electron chi connectivity index (χ0n) is 27.4. The van der Waals surface area contributed by atoms with Gasteiger partial charge in [-0.15, -0.1) is 0 Å². The molecule has 4 N–H and O–H groups in total. The highest BCUT2D eigenvalue weighted by Gasteiger charge is 2.32. The third-order valence-corrected chi connectivity index (χ3v) is 8.41. The van der Waals surface area contributed by atoms with Crippen molar-refractivity contribution in [3.05, 3.63) is 104 Å². The van der Waals surface area contributed by atoms with Crippen LogP contribution in [0, 0.1) is 3.57 Å². The van der Waals surface area contributed by atoms with Crippen molar-refractivity contribution in [2.75, 3.05) is 27.4 Å². The molecule has 0 radical (unpaired) electrons. The summed E-state index contributed by atoms with van der Waals surface area (Å²) in [6.07, 6.45) is 0.403. The summed E-state index contributed by atoms with van der Waals surface area (Å²) in [7, 11) is 2.86. The fourth-order valence-electron chi connectivity index (χ4n) is 5.34. The number of halogens is 1. The number of fused-ring (bicyclic) bond motifs is 1. The zero-order chi connectivity index (χ0) is 34.9. The Morgan fingerprint density at radius 1 is 1.02 bits per heavy atom. The molecule has 49 heavy (non-hydrogen) atoms. The van der Waals surface area contributed by atoms with Crippen LogP contribution < -0.4 is 35.0 Å². The summed E-state index contributed by atoms with van der Waals surface area (Å²) in [5, 5.41) is 22.4. The number of nitrogens with zero attached hydrogens (tertiary/aromatic N) is 1. The maximum Gasteiger partial charge on any atom is 0.337 e. The lowest BCUT2D eigenvalue weighted by molar-refractivity contribution is -0.136. The normalized spacial score (nSPS) is 15.0. The van der Waals surface area contributed by atoms with Crippen LogP contribution in [0.25, 0.3) is 10.8 Å². The number of carbonyl (C=O) groups excluding carboxylic acids is 2. The number of rotatable bonds is 14. The van der Waals surface area contributed by atoms with Gasteiger partial charge >= 0.3 is 12.0 Å². The van der Waals surface area contributed by atoms with Gasteiger partial charge in [-0.3, -0.25) is 5.43 Å². The van der Waals surface area contributed by atoms with Gasteiger partial charge in [0, 0.05) is 5.70 Å². The van der Waals surface area contributed by atoms with Crippen LogP contribution in [-0.2, 0) is 16.1 Å². The molecule has 0 unspecified atom stereocenters. The number of hydrogen-bond acceptors (Lipinski definition) is 10. The van der Waals surface area contributed by atoms with Gasteiger partial charge in [-0.1, -0.05) is 48.5 Å². The molecule has 0 saturated heterocycles. The first-order chi connectivity index (χ1) is 23.7. The lowest BCUT2D eigenvalue weighted by Gasteiger charge is -2.28. The molecule has 0 saturated carbocycles. The fraction of sp³-hybridized carbons (Fsp3) is 0.250. The van der Waals surface area contributed by atoms with Gasteiger partial charge < -0.3 is 39.4 Å². The Kier molecular flexibility index (Phi) is 11.8. The largest absolute Gasteiger partial charge is 0.493 e. The molecule has 2 amide bonds. The van der Waals surface area contributed by atoms with Crippen LogP contribution >= 0.6 is 22.6 Å². The molecule has 13 heteroatoms. The number of carbonyl (C=O) groups is 2. The van der Waals surface area contributed by atoms with Crippen molar-refractivity contribution in [2.45, 2.75) is 32.7 Å². The lowest BCUT2D eigenvalue weighted by Crippen LogP contribution is -2.45. The molecule has 256 valence electrons. The number of aliphatic hydroxyl groups is 1. The van der Waals surface area contributed by atoms with E-state index in [0.717, 1.165) is 25.5 Å². The summed E-state index contributed by atoms with van der Waals surface area (Å²) in [4.78, 5) is 24.7. The molecule has 0 aliphatic carbocycles.